The molecule has 0 aromatic heterocycles. The van der Waals surface area contributed by atoms with Crippen LogP contribution < -0.4 is 5.73 Å². The van der Waals surface area contributed by atoms with Gasteiger partial charge in [0.2, 0.25) is 0 Å². The second-order valence-corrected chi connectivity index (χ2v) is 4.15. The predicted octanol–water partition coefficient (Wildman–Crippen LogP) is 3.00. The van der Waals surface area contributed by atoms with Gasteiger partial charge in [0.25, 0.3) is 0 Å². The van der Waals surface area contributed by atoms with Gasteiger partial charge in [0.15, 0.2) is 0 Å². The summed E-state index contributed by atoms with van der Waals surface area (Å²) in [5.41, 5.74) is 8.12. The molecule has 0 bridgehead atoms. The molecule has 0 radical (unpaired) electrons. The molecular weight excluding hydrogens is 182 g/mol. The van der Waals surface area contributed by atoms with Crippen molar-refractivity contribution in [1.82, 2.24) is 0 Å². The Morgan fingerprint density at radius 2 is 2.00 bits per heavy atom. The number of benzene rings is 1. The van der Waals surface area contributed by atoms with Gasteiger partial charge in [-0.2, -0.15) is 0 Å². The number of halogens is 1. The minimum atomic E-state index is 0.596. The summed E-state index contributed by atoms with van der Waals surface area (Å²) >= 11 is 5.92. The number of hydrogen-bond acceptors (Lipinski definition) is 1. The highest BCUT2D eigenvalue weighted by atomic mass is 35.5. The molecule has 0 spiro atoms. The molecule has 0 heterocycles. The Balaban J connectivity index is 2.94. The summed E-state index contributed by atoms with van der Waals surface area (Å²) in [5.74, 6) is 0.642. The third kappa shape index (κ3) is 3.02. The SMILES string of the molecule is CC(C)Cc1cc(Cl)ccc1CN. The van der Waals surface area contributed by atoms with Crippen molar-refractivity contribution in [1.29, 1.82) is 0 Å². The first-order valence-electron chi connectivity index (χ1n) is 4.61. The Bertz CT molecular complexity index is 281. The molecule has 0 aliphatic rings. The molecule has 1 aromatic carbocycles. The van der Waals surface area contributed by atoms with Crippen LogP contribution in [0.15, 0.2) is 18.2 Å². The van der Waals surface area contributed by atoms with Crippen LogP contribution in [-0.2, 0) is 13.0 Å². The van der Waals surface area contributed by atoms with E-state index in [1.54, 1.807) is 0 Å². The van der Waals surface area contributed by atoms with E-state index in [4.69, 9.17) is 17.3 Å². The largest absolute Gasteiger partial charge is 0.326 e. The van der Waals surface area contributed by atoms with Gasteiger partial charge in [0, 0.05) is 11.6 Å². The van der Waals surface area contributed by atoms with Crippen LogP contribution in [0.4, 0.5) is 0 Å². The van der Waals surface area contributed by atoms with Crippen LogP contribution in [0.25, 0.3) is 0 Å². The lowest BCUT2D eigenvalue weighted by atomic mass is 9.98. The maximum atomic E-state index is 5.92. The molecule has 2 N–H and O–H groups in total. The Hall–Kier alpha value is -0.530. The molecule has 1 aromatic rings. The summed E-state index contributed by atoms with van der Waals surface area (Å²) in [7, 11) is 0. The normalized spacial score (nSPS) is 10.8. The fourth-order valence-corrected chi connectivity index (χ4v) is 1.62. The van der Waals surface area contributed by atoms with E-state index in [1.807, 2.05) is 18.2 Å². The van der Waals surface area contributed by atoms with Crippen molar-refractivity contribution in [2.24, 2.45) is 11.7 Å². The zero-order valence-electron chi connectivity index (χ0n) is 8.18. The number of hydrogen-bond donors (Lipinski definition) is 1. The third-order valence-corrected chi connectivity index (χ3v) is 2.25. The van der Waals surface area contributed by atoms with Crippen LogP contribution in [-0.4, -0.2) is 0 Å². The van der Waals surface area contributed by atoms with E-state index in [2.05, 4.69) is 13.8 Å². The zero-order valence-corrected chi connectivity index (χ0v) is 8.93. The van der Waals surface area contributed by atoms with Gasteiger partial charge in [-0.15, -0.1) is 0 Å². The quantitative estimate of drug-likeness (QED) is 0.792. The average Bonchev–Trinajstić information content (AvgIpc) is 2.03. The van der Waals surface area contributed by atoms with E-state index in [1.165, 1.54) is 11.1 Å². The van der Waals surface area contributed by atoms with Gasteiger partial charge in [-0.05, 0) is 35.6 Å². The van der Waals surface area contributed by atoms with Crippen LogP contribution in [0, 0.1) is 5.92 Å². The van der Waals surface area contributed by atoms with Crippen molar-refractivity contribution in [3.63, 3.8) is 0 Å². The van der Waals surface area contributed by atoms with Crippen molar-refractivity contribution in [3.8, 4) is 0 Å². The van der Waals surface area contributed by atoms with Crippen molar-refractivity contribution in [2.75, 3.05) is 0 Å². The molecule has 0 saturated carbocycles. The molecule has 1 nitrogen and oxygen atoms in total. The Kier molecular flexibility index (Phi) is 3.76. The monoisotopic (exact) mass is 197 g/mol. The highest BCUT2D eigenvalue weighted by molar-refractivity contribution is 6.30. The fourth-order valence-electron chi connectivity index (χ4n) is 1.42. The minimum absolute atomic E-state index is 0.596. The molecule has 0 saturated heterocycles. The smallest absolute Gasteiger partial charge is 0.0408 e. The number of rotatable bonds is 3. The second-order valence-electron chi connectivity index (χ2n) is 3.72. The first-order valence-corrected chi connectivity index (χ1v) is 4.98. The summed E-state index contributed by atoms with van der Waals surface area (Å²) in [6, 6.07) is 5.93. The molecule has 0 unspecified atom stereocenters. The van der Waals surface area contributed by atoms with Crippen molar-refractivity contribution in [2.45, 2.75) is 26.8 Å². The first kappa shape index (κ1) is 10.6. The molecule has 0 fully saturated rings. The van der Waals surface area contributed by atoms with Gasteiger partial charge >= 0.3 is 0 Å². The molecular formula is C11H16ClN. The third-order valence-electron chi connectivity index (χ3n) is 2.02. The summed E-state index contributed by atoms with van der Waals surface area (Å²) in [4.78, 5) is 0. The van der Waals surface area contributed by atoms with E-state index < -0.39 is 0 Å². The van der Waals surface area contributed by atoms with Gasteiger partial charge in [0.1, 0.15) is 0 Å². The Morgan fingerprint density at radius 3 is 2.54 bits per heavy atom. The summed E-state index contributed by atoms with van der Waals surface area (Å²) in [6.07, 6.45) is 1.05. The van der Waals surface area contributed by atoms with Crippen molar-refractivity contribution in [3.05, 3.63) is 34.3 Å². The van der Waals surface area contributed by atoms with Gasteiger partial charge in [-0.1, -0.05) is 31.5 Å². The molecule has 1 rings (SSSR count). The van der Waals surface area contributed by atoms with Crippen LogP contribution in [0.5, 0.6) is 0 Å². The zero-order chi connectivity index (χ0) is 9.84. The molecule has 0 aliphatic carbocycles. The minimum Gasteiger partial charge on any atom is -0.326 e. The Labute approximate surface area is 84.9 Å². The van der Waals surface area contributed by atoms with Crippen LogP contribution in [0.1, 0.15) is 25.0 Å². The standard InChI is InChI=1S/C11H16ClN/c1-8(2)5-10-6-11(12)4-3-9(10)7-13/h3-4,6,8H,5,7,13H2,1-2H3. The van der Waals surface area contributed by atoms with E-state index in [9.17, 15) is 0 Å². The van der Waals surface area contributed by atoms with E-state index in [0.717, 1.165) is 11.4 Å². The van der Waals surface area contributed by atoms with Crippen molar-refractivity contribution >= 4 is 11.6 Å². The highest BCUT2D eigenvalue weighted by Gasteiger charge is 2.04. The van der Waals surface area contributed by atoms with Crippen LogP contribution >= 0.6 is 11.6 Å². The maximum absolute atomic E-state index is 5.92. The molecule has 0 aliphatic heterocycles. The van der Waals surface area contributed by atoms with Gasteiger partial charge < -0.3 is 5.73 Å². The van der Waals surface area contributed by atoms with E-state index in [-0.39, 0.29) is 0 Å². The molecule has 2 heteroatoms. The van der Waals surface area contributed by atoms with Crippen molar-refractivity contribution < 1.29 is 0 Å². The van der Waals surface area contributed by atoms with Gasteiger partial charge in [0.05, 0.1) is 0 Å². The predicted molar refractivity (Wildman–Crippen MR) is 57.9 cm³/mol. The van der Waals surface area contributed by atoms with Crippen LogP contribution in [0.2, 0.25) is 5.02 Å². The second kappa shape index (κ2) is 4.64. The molecule has 13 heavy (non-hydrogen) atoms. The molecule has 0 amide bonds. The van der Waals surface area contributed by atoms with Gasteiger partial charge in [-0.25, -0.2) is 0 Å². The summed E-state index contributed by atoms with van der Waals surface area (Å²) in [6.45, 7) is 4.99. The first-order chi connectivity index (χ1) is 6.13. The maximum Gasteiger partial charge on any atom is 0.0408 e. The topological polar surface area (TPSA) is 26.0 Å². The lowest BCUT2D eigenvalue weighted by molar-refractivity contribution is 0.643. The molecule has 0 atom stereocenters. The van der Waals surface area contributed by atoms with Crippen LogP contribution in [0.3, 0.4) is 0 Å². The van der Waals surface area contributed by atoms with E-state index >= 15 is 0 Å². The average molecular weight is 198 g/mol. The van der Waals surface area contributed by atoms with E-state index in [0.29, 0.717) is 12.5 Å². The molecule has 72 valence electrons. The summed E-state index contributed by atoms with van der Waals surface area (Å²) in [5, 5.41) is 0.799. The lowest BCUT2D eigenvalue weighted by Crippen LogP contribution is -2.04. The lowest BCUT2D eigenvalue weighted by Gasteiger charge is -2.10. The summed E-state index contributed by atoms with van der Waals surface area (Å²) < 4.78 is 0. The highest BCUT2D eigenvalue weighted by Crippen LogP contribution is 2.18. The Morgan fingerprint density at radius 1 is 1.31 bits per heavy atom. The number of nitrogens with two attached hydrogens (primary N) is 1. The fraction of sp³-hybridized carbons (Fsp3) is 0.455. The van der Waals surface area contributed by atoms with Gasteiger partial charge in [-0.3, -0.25) is 0 Å².